The minimum Gasteiger partial charge on any atom is -0.488 e. The van der Waals surface area contributed by atoms with E-state index in [2.05, 4.69) is 10.4 Å². The molecule has 1 atom stereocenters. The number of sulfone groups is 1. The van der Waals surface area contributed by atoms with Crippen LogP contribution in [-0.4, -0.2) is 61.9 Å². The van der Waals surface area contributed by atoms with Crippen LogP contribution in [0.1, 0.15) is 43.7 Å². The number of carbonyl (C=O) groups is 2. The van der Waals surface area contributed by atoms with Crippen LogP contribution in [0.5, 0.6) is 17.2 Å². The van der Waals surface area contributed by atoms with Crippen LogP contribution in [0, 0.1) is 6.92 Å². The third-order valence-corrected chi connectivity index (χ3v) is 6.19. The molecule has 3 aromatic rings. The number of benzene rings is 2. The van der Waals surface area contributed by atoms with Gasteiger partial charge in [-0.2, -0.15) is 4.68 Å². The fourth-order valence-corrected chi connectivity index (χ4v) is 4.07. The Labute approximate surface area is 227 Å². The first kappa shape index (κ1) is 29.7. The molecule has 210 valence electrons. The molecule has 1 aromatic heterocycles. The quantitative estimate of drug-likeness (QED) is 0.391. The van der Waals surface area contributed by atoms with Crippen molar-refractivity contribution in [3.63, 3.8) is 0 Å². The number of methoxy groups -OCH3 is 1. The van der Waals surface area contributed by atoms with E-state index in [4.69, 9.17) is 18.9 Å². The molecule has 1 amide bonds. The van der Waals surface area contributed by atoms with Gasteiger partial charge in [0.25, 0.3) is 5.91 Å². The molecule has 0 aliphatic carbocycles. The van der Waals surface area contributed by atoms with Crippen LogP contribution < -0.4 is 14.8 Å². The Morgan fingerprint density at radius 2 is 1.67 bits per heavy atom. The zero-order valence-electron chi connectivity index (χ0n) is 23.0. The van der Waals surface area contributed by atoms with Gasteiger partial charge < -0.3 is 24.3 Å². The first-order chi connectivity index (χ1) is 18.1. The van der Waals surface area contributed by atoms with Gasteiger partial charge in [0.1, 0.15) is 29.0 Å². The molecule has 0 saturated heterocycles. The number of aromatic nitrogens is 2. The van der Waals surface area contributed by atoms with Crippen LogP contribution in [0.3, 0.4) is 0 Å². The first-order valence-corrected chi connectivity index (χ1v) is 13.9. The number of carbonyl (C=O) groups excluding carboxylic acids is 2. The van der Waals surface area contributed by atoms with Crippen molar-refractivity contribution in [2.45, 2.75) is 51.2 Å². The molecule has 0 fully saturated rings. The topological polar surface area (TPSA) is 135 Å². The molecule has 0 bridgehead atoms. The standard InChI is InChI=1S/C27H33N3O8S/c1-17-12-24(29-30(17)26(32)38-27(3,4)5)28-25(31)19-13-21(36-18(2)16-35-6)15-22(14-19)37-20-8-10-23(11-9-20)39(7,33)34/h8-15,18H,16H2,1-7H3,(H,28,29,31). The maximum Gasteiger partial charge on any atom is 0.435 e. The highest BCUT2D eigenvalue weighted by Gasteiger charge is 2.21. The molecule has 1 heterocycles. The van der Waals surface area contributed by atoms with Gasteiger partial charge in [0.2, 0.25) is 0 Å². The van der Waals surface area contributed by atoms with Gasteiger partial charge in [-0.15, -0.1) is 5.10 Å². The molecule has 0 aliphatic heterocycles. The lowest BCUT2D eigenvalue weighted by atomic mass is 10.2. The zero-order valence-corrected chi connectivity index (χ0v) is 23.8. The maximum absolute atomic E-state index is 13.2. The summed E-state index contributed by atoms with van der Waals surface area (Å²) in [4.78, 5) is 25.8. The Bertz CT molecular complexity index is 1440. The number of amides is 1. The fourth-order valence-electron chi connectivity index (χ4n) is 3.44. The molecule has 0 aliphatic rings. The summed E-state index contributed by atoms with van der Waals surface area (Å²) < 4.78 is 46.8. The van der Waals surface area contributed by atoms with Gasteiger partial charge in [0.15, 0.2) is 15.7 Å². The maximum atomic E-state index is 13.2. The first-order valence-electron chi connectivity index (χ1n) is 12.0. The van der Waals surface area contributed by atoms with Gasteiger partial charge in [0, 0.05) is 36.8 Å². The highest BCUT2D eigenvalue weighted by molar-refractivity contribution is 7.90. The van der Waals surface area contributed by atoms with Crippen LogP contribution in [0.4, 0.5) is 10.6 Å². The lowest BCUT2D eigenvalue weighted by Crippen LogP contribution is -2.28. The molecule has 11 nitrogen and oxygen atoms in total. The van der Waals surface area contributed by atoms with Gasteiger partial charge in [0.05, 0.1) is 11.5 Å². The van der Waals surface area contributed by atoms with E-state index >= 15 is 0 Å². The van der Waals surface area contributed by atoms with Crippen LogP contribution >= 0.6 is 0 Å². The molecule has 1 N–H and O–H groups in total. The number of ether oxygens (including phenoxy) is 4. The van der Waals surface area contributed by atoms with Crippen LogP contribution in [0.15, 0.2) is 53.4 Å². The van der Waals surface area contributed by atoms with E-state index in [9.17, 15) is 18.0 Å². The van der Waals surface area contributed by atoms with Gasteiger partial charge in [-0.3, -0.25) is 4.79 Å². The molecule has 3 rings (SSSR count). The highest BCUT2D eigenvalue weighted by atomic mass is 32.2. The molecule has 39 heavy (non-hydrogen) atoms. The number of nitrogens with one attached hydrogen (secondary N) is 1. The number of aryl methyl sites for hydroxylation is 1. The molecular weight excluding hydrogens is 526 g/mol. The number of hydrogen-bond donors (Lipinski definition) is 1. The van der Waals surface area contributed by atoms with Crippen molar-refractivity contribution in [2.24, 2.45) is 0 Å². The number of nitrogens with zero attached hydrogens (tertiary/aromatic N) is 2. The second-order valence-corrected chi connectivity index (χ2v) is 12.0. The third-order valence-electron chi connectivity index (χ3n) is 5.06. The minimum atomic E-state index is -3.36. The van der Waals surface area contributed by atoms with Crippen molar-refractivity contribution in [1.82, 2.24) is 9.78 Å². The van der Waals surface area contributed by atoms with E-state index in [0.717, 1.165) is 10.9 Å². The van der Waals surface area contributed by atoms with Crippen LogP contribution in [0.25, 0.3) is 0 Å². The van der Waals surface area contributed by atoms with Gasteiger partial charge in [-0.25, -0.2) is 13.2 Å². The Balaban J connectivity index is 1.87. The van der Waals surface area contributed by atoms with Crippen molar-refractivity contribution in [3.8, 4) is 17.2 Å². The average molecular weight is 560 g/mol. The zero-order chi connectivity index (χ0) is 29.0. The van der Waals surface area contributed by atoms with Crippen molar-refractivity contribution in [1.29, 1.82) is 0 Å². The van der Waals surface area contributed by atoms with Gasteiger partial charge in [-0.1, -0.05) is 0 Å². The van der Waals surface area contributed by atoms with Crippen molar-refractivity contribution < 1.29 is 37.0 Å². The number of hydrogen-bond acceptors (Lipinski definition) is 9. The smallest absolute Gasteiger partial charge is 0.435 e. The van der Waals surface area contributed by atoms with Crippen LogP contribution in [0.2, 0.25) is 0 Å². The van der Waals surface area contributed by atoms with E-state index in [-0.39, 0.29) is 28.1 Å². The SMILES string of the molecule is COCC(C)Oc1cc(Oc2ccc(S(C)(=O)=O)cc2)cc(C(=O)Nc2cc(C)n(C(=O)OC(C)(C)C)n2)c1. The monoisotopic (exact) mass is 559 g/mol. The minimum absolute atomic E-state index is 0.154. The summed E-state index contributed by atoms with van der Waals surface area (Å²) in [7, 11) is -1.81. The van der Waals surface area contributed by atoms with E-state index in [1.54, 1.807) is 53.0 Å². The third kappa shape index (κ3) is 8.55. The van der Waals surface area contributed by atoms with E-state index in [1.165, 1.54) is 30.3 Å². The van der Waals surface area contributed by atoms with Gasteiger partial charge in [-0.05, 0) is 71.0 Å². The second kappa shape index (κ2) is 11.9. The Morgan fingerprint density at radius 3 is 2.26 bits per heavy atom. The normalized spacial score (nSPS) is 12.5. The predicted octanol–water partition coefficient (Wildman–Crippen LogP) is 4.84. The summed E-state index contributed by atoms with van der Waals surface area (Å²) >= 11 is 0. The summed E-state index contributed by atoms with van der Waals surface area (Å²) in [6.45, 7) is 9.03. The summed E-state index contributed by atoms with van der Waals surface area (Å²) in [5.74, 6) is 0.630. The Kier molecular flexibility index (Phi) is 9.03. The summed E-state index contributed by atoms with van der Waals surface area (Å²) in [5, 5.41) is 6.83. The number of anilines is 1. The van der Waals surface area contributed by atoms with Crippen molar-refractivity contribution in [2.75, 3.05) is 25.3 Å². The fraction of sp³-hybridized carbons (Fsp3) is 0.370. The lowest BCUT2D eigenvalue weighted by molar-refractivity contribution is 0.0511. The predicted molar refractivity (Wildman–Crippen MR) is 145 cm³/mol. The lowest BCUT2D eigenvalue weighted by Gasteiger charge is -2.19. The van der Waals surface area contributed by atoms with Crippen molar-refractivity contribution >= 4 is 27.7 Å². The number of rotatable bonds is 9. The highest BCUT2D eigenvalue weighted by Crippen LogP contribution is 2.29. The van der Waals surface area contributed by atoms with Gasteiger partial charge >= 0.3 is 6.09 Å². The molecule has 0 radical (unpaired) electrons. The largest absolute Gasteiger partial charge is 0.488 e. The van der Waals surface area contributed by atoms with E-state index in [1.807, 2.05) is 6.92 Å². The molecule has 1 unspecified atom stereocenters. The second-order valence-electron chi connectivity index (χ2n) is 9.94. The van der Waals surface area contributed by atoms with E-state index < -0.39 is 27.4 Å². The summed E-state index contributed by atoms with van der Waals surface area (Å²) in [6.07, 6.45) is 0.136. The van der Waals surface area contributed by atoms with E-state index in [0.29, 0.717) is 23.8 Å². The molecule has 12 heteroatoms. The van der Waals surface area contributed by atoms with Crippen LogP contribution in [-0.2, 0) is 19.3 Å². The van der Waals surface area contributed by atoms with Crippen molar-refractivity contribution in [3.05, 3.63) is 59.8 Å². The Morgan fingerprint density at radius 1 is 1.03 bits per heavy atom. The average Bonchev–Trinajstić information content (AvgIpc) is 3.17. The summed E-state index contributed by atoms with van der Waals surface area (Å²) in [6, 6.07) is 12.1. The molecule has 2 aromatic carbocycles. The summed E-state index contributed by atoms with van der Waals surface area (Å²) in [5.41, 5.74) is -0.0308. The molecule has 0 saturated carbocycles. The molecule has 0 spiro atoms. The Hall–Kier alpha value is -3.90. The molecular formula is C27H33N3O8S.